The van der Waals surface area contributed by atoms with E-state index >= 15 is 0 Å². The van der Waals surface area contributed by atoms with Crippen LogP contribution in [0.3, 0.4) is 0 Å². The zero-order chi connectivity index (χ0) is 13.7. The second-order valence-electron chi connectivity index (χ2n) is 4.46. The molecule has 0 bridgehead atoms. The molecule has 2 atom stereocenters. The fourth-order valence-electron chi connectivity index (χ4n) is 1.72. The van der Waals surface area contributed by atoms with Crippen molar-refractivity contribution in [1.29, 1.82) is 0 Å². The smallest absolute Gasteiger partial charge is 0.317 e. The number of carbonyl (C=O) groups is 2. The molecule has 7 heteroatoms. The molecule has 1 saturated heterocycles. The summed E-state index contributed by atoms with van der Waals surface area (Å²) in [6.07, 6.45) is 0. The molecular weight excluding hydrogens is 256 g/mol. The monoisotopic (exact) mass is 276 g/mol. The Bertz CT molecular complexity index is 342. The van der Waals surface area contributed by atoms with E-state index in [2.05, 4.69) is 5.32 Å². The molecule has 2 N–H and O–H groups in total. The molecule has 0 aromatic carbocycles. The van der Waals surface area contributed by atoms with Crippen LogP contribution in [0.4, 0.5) is 4.79 Å². The van der Waals surface area contributed by atoms with Gasteiger partial charge >= 0.3 is 12.0 Å². The number of hydrogen-bond acceptors (Lipinski definition) is 3. The normalized spacial score (nSPS) is 18.9. The summed E-state index contributed by atoms with van der Waals surface area (Å²) in [6.45, 7) is 4.86. The molecule has 0 spiro atoms. The van der Waals surface area contributed by atoms with Gasteiger partial charge in [0.15, 0.2) is 0 Å². The average molecular weight is 276 g/mol. The van der Waals surface area contributed by atoms with Crippen LogP contribution in [0.2, 0.25) is 0 Å². The van der Waals surface area contributed by atoms with Crippen LogP contribution in [0.15, 0.2) is 0 Å². The summed E-state index contributed by atoms with van der Waals surface area (Å²) in [4.78, 5) is 23.9. The van der Waals surface area contributed by atoms with Crippen molar-refractivity contribution in [3.05, 3.63) is 0 Å². The molecule has 1 aliphatic rings. The number of carboxylic acid groups (broad SMARTS) is 1. The lowest BCUT2D eigenvalue weighted by Gasteiger charge is -2.41. The predicted octanol–water partition coefficient (Wildman–Crippen LogP) is 0.117. The standard InChI is InChI=1S/C11H20N2O4S/c1-3-18(17)5-4-12-11(16)13-6-9(7-13)8(2)10(14)15/h8-9H,3-7H2,1-2H3,(H,12,16)(H,14,15). The summed E-state index contributed by atoms with van der Waals surface area (Å²) in [5.41, 5.74) is 0. The highest BCUT2D eigenvalue weighted by atomic mass is 32.2. The number of carboxylic acids is 1. The van der Waals surface area contributed by atoms with E-state index in [1.165, 1.54) is 0 Å². The molecule has 0 aromatic heterocycles. The van der Waals surface area contributed by atoms with Gasteiger partial charge in [-0.05, 0) is 0 Å². The van der Waals surface area contributed by atoms with E-state index in [4.69, 9.17) is 5.11 Å². The van der Waals surface area contributed by atoms with Crippen molar-refractivity contribution >= 4 is 22.8 Å². The maximum absolute atomic E-state index is 11.6. The first-order valence-electron chi connectivity index (χ1n) is 6.06. The molecular formula is C11H20N2O4S. The molecule has 104 valence electrons. The Morgan fingerprint density at radius 2 is 2.11 bits per heavy atom. The SMILES string of the molecule is CCS(=O)CCNC(=O)N1CC(C(C)C(=O)O)C1. The van der Waals surface area contributed by atoms with Gasteiger partial charge in [0.2, 0.25) is 0 Å². The van der Waals surface area contributed by atoms with E-state index in [0.717, 1.165) is 0 Å². The number of carbonyl (C=O) groups excluding carboxylic acids is 1. The number of hydrogen-bond donors (Lipinski definition) is 2. The van der Waals surface area contributed by atoms with E-state index < -0.39 is 22.7 Å². The van der Waals surface area contributed by atoms with Crippen LogP contribution in [-0.2, 0) is 15.6 Å². The van der Waals surface area contributed by atoms with E-state index in [1.807, 2.05) is 6.92 Å². The van der Waals surface area contributed by atoms with Crippen molar-refractivity contribution in [3.63, 3.8) is 0 Å². The number of nitrogens with one attached hydrogen (secondary N) is 1. The highest BCUT2D eigenvalue weighted by Crippen LogP contribution is 2.23. The van der Waals surface area contributed by atoms with Gasteiger partial charge < -0.3 is 15.3 Å². The van der Waals surface area contributed by atoms with Crippen molar-refractivity contribution in [2.24, 2.45) is 11.8 Å². The molecule has 0 radical (unpaired) electrons. The van der Waals surface area contributed by atoms with Gasteiger partial charge in [-0.2, -0.15) is 0 Å². The lowest BCUT2D eigenvalue weighted by atomic mass is 9.87. The minimum absolute atomic E-state index is 0.0398. The average Bonchev–Trinajstić information content (AvgIpc) is 2.26. The Morgan fingerprint density at radius 1 is 1.50 bits per heavy atom. The Balaban J connectivity index is 2.19. The van der Waals surface area contributed by atoms with Crippen LogP contribution < -0.4 is 5.32 Å². The quantitative estimate of drug-likeness (QED) is 0.721. The fraction of sp³-hybridized carbons (Fsp3) is 0.818. The maximum Gasteiger partial charge on any atom is 0.317 e. The van der Waals surface area contributed by atoms with Crippen molar-refractivity contribution in [2.45, 2.75) is 13.8 Å². The molecule has 18 heavy (non-hydrogen) atoms. The summed E-state index contributed by atoms with van der Waals surface area (Å²) >= 11 is 0. The molecule has 1 heterocycles. The summed E-state index contributed by atoms with van der Waals surface area (Å²) < 4.78 is 11.1. The first-order chi connectivity index (χ1) is 8.45. The van der Waals surface area contributed by atoms with Crippen LogP contribution in [0, 0.1) is 11.8 Å². The van der Waals surface area contributed by atoms with Crippen molar-refractivity contribution < 1.29 is 18.9 Å². The topological polar surface area (TPSA) is 86.7 Å². The van der Waals surface area contributed by atoms with E-state index in [9.17, 15) is 13.8 Å². The molecule has 0 aromatic rings. The number of amides is 2. The van der Waals surface area contributed by atoms with Gasteiger partial charge in [0.25, 0.3) is 0 Å². The first kappa shape index (κ1) is 14.9. The minimum atomic E-state index is -0.872. The number of nitrogens with zero attached hydrogens (tertiary/aromatic N) is 1. The zero-order valence-electron chi connectivity index (χ0n) is 10.7. The lowest BCUT2D eigenvalue weighted by Crippen LogP contribution is -2.56. The van der Waals surface area contributed by atoms with Gasteiger partial charge in [0, 0.05) is 47.9 Å². The highest BCUT2D eigenvalue weighted by Gasteiger charge is 2.36. The lowest BCUT2D eigenvalue weighted by molar-refractivity contribution is -0.144. The predicted molar refractivity (Wildman–Crippen MR) is 68.8 cm³/mol. The van der Waals surface area contributed by atoms with Crippen molar-refractivity contribution in [3.8, 4) is 0 Å². The Hall–Kier alpha value is -1.11. The molecule has 0 aliphatic carbocycles. The second-order valence-corrected chi connectivity index (χ2v) is 6.32. The van der Waals surface area contributed by atoms with Gasteiger partial charge in [-0.1, -0.05) is 13.8 Å². The van der Waals surface area contributed by atoms with E-state index in [-0.39, 0.29) is 11.9 Å². The number of likely N-dealkylation sites (tertiary alicyclic amines) is 1. The first-order valence-corrected chi connectivity index (χ1v) is 7.55. The van der Waals surface area contributed by atoms with Gasteiger partial charge in [-0.25, -0.2) is 4.79 Å². The summed E-state index contributed by atoms with van der Waals surface area (Å²) in [5.74, 6) is -0.138. The second kappa shape index (κ2) is 6.72. The summed E-state index contributed by atoms with van der Waals surface area (Å²) in [6, 6.07) is -0.197. The van der Waals surface area contributed by atoms with E-state index in [1.54, 1.807) is 11.8 Å². The van der Waals surface area contributed by atoms with Crippen molar-refractivity contribution in [2.75, 3.05) is 31.1 Å². The van der Waals surface area contributed by atoms with Gasteiger partial charge in [-0.15, -0.1) is 0 Å². The molecule has 2 unspecified atom stereocenters. The van der Waals surface area contributed by atoms with Crippen LogP contribution in [0.5, 0.6) is 0 Å². The third-order valence-corrected chi connectivity index (χ3v) is 4.52. The highest BCUT2D eigenvalue weighted by molar-refractivity contribution is 7.84. The van der Waals surface area contributed by atoms with Crippen LogP contribution in [0.25, 0.3) is 0 Å². The van der Waals surface area contributed by atoms with Gasteiger partial charge in [0.05, 0.1) is 5.92 Å². The third kappa shape index (κ3) is 3.97. The van der Waals surface area contributed by atoms with Gasteiger partial charge in [-0.3, -0.25) is 9.00 Å². The fourth-order valence-corrected chi connectivity index (χ4v) is 2.34. The Labute approximate surface area is 109 Å². The largest absolute Gasteiger partial charge is 0.481 e. The number of urea groups is 1. The number of rotatable bonds is 6. The molecule has 0 saturated carbocycles. The Morgan fingerprint density at radius 3 is 2.61 bits per heavy atom. The minimum Gasteiger partial charge on any atom is -0.481 e. The van der Waals surface area contributed by atoms with Crippen LogP contribution >= 0.6 is 0 Å². The van der Waals surface area contributed by atoms with Crippen LogP contribution in [-0.4, -0.2) is 57.4 Å². The van der Waals surface area contributed by atoms with Crippen molar-refractivity contribution in [1.82, 2.24) is 10.2 Å². The molecule has 1 aliphatic heterocycles. The van der Waals surface area contributed by atoms with Crippen LogP contribution in [0.1, 0.15) is 13.8 Å². The van der Waals surface area contributed by atoms with Gasteiger partial charge in [0.1, 0.15) is 0 Å². The van der Waals surface area contributed by atoms with E-state index in [0.29, 0.717) is 31.1 Å². The molecule has 1 fully saturated rings. The number of aliphatic carboxylic acids is 1. The maximum atomic E-state index is 11.6. The summed E-state index contributed by atoms with van der Waals surface area (Å²) in [5, 5.41) is 11.5. The Kier molecular flexibility index (Phi) is 5.58. The molecule has 2 amide bonds. The molecule has 1 rings (SSSR count). The third-order valence-electron chi connectivity index (χ3n) is 3.22. The molecule has 6 nitrogen and oxygen atoms in total. The zero-order valence-corrected chi connectivity index (χ0v) is 11.5. The summed E-state index contributed by atoms with van der Waals surface area (Å²) in [7, 11) is -0.872.